The number of benzene rings is 2. The smallest absolute Gasteiger partial charge is 0.224 e. The summed E-state index contributed by atoms with van der Waals surface area (Å²) in [6.45, 7) is 0.463. The first-order valence-electron chi connectivity index (χ1n) is 7.29. The molecule has 0 radical (unpaired) electrons. The largest absolute Gasteiger partial charge is 0.352 e. The summed E-state index contributed by atoms with van der Waals surface area (Å²) in [5, 5.41) is 2.86. The van der Waals surface area contributed by atoms with E-state index in [0.29, 0.717) is 6.54 Å². The molecule has 1 amide bonds. The summed E-state index contributed by atoms with van der Waals surface area (Å²) in [5.74, 6) is -0.387. The third-order valence-electron chi connectivity index (χ3n) is 3.51. The number of aromatic nitrogens is 2. The minimum Gasteiger partial charge on any atom is -0.352 e. The third-order valence-corrected chi connectivity index (χ3v) is 3.51. The lowest BCUT2D eigenvalue weighted by molar-refractivity contribution is -0.120. The highest BCUT2D eigenvalue weighted by Gasteiger charge is 2.04. The SMILES string of the molecule is O=C(Cc1ccc(F)cc1)NCc1ccc(-n2ccnc2)cc1. The fraction of sp³-hybridized carbons (Fsp3) is 0.111. The Hall–Kier alpha value is -2.95. The molecule has 3 rings (SSSR count). The van der Waals surface area contributed by atoms with E-state index in [2.05, 4.69) is 10.3 Å². The molecular weight excluding hydrogens is 293 g/mol. The van der Waals surface area contributed by atoms with E-state index in [4.69, 9.17) is 0 Å². The van der Waals surface area contributed by atoms with Gasteiger partial charge in [0.15, 0.2) is 0 Å². The zero-order valence-corrected chi connectivity index (χ0v) is 12.4. The number of hydrogen-bond acceptors (Lipinski definition) is 2. The number of carbonyl (C=O) groups excluding carboxylic acids is 1. The van der Waals surface area contributed by atoms with Crippen LogP contribution in [0.3, 0.4) is 0 Å². The van der Waals surface area contributed by atoms with Gasteiger partial charge in [0.2, 0.25) is 5.91 Å². The van der Waals surface area contributed by atoms with E-state index in [1.165, 1.54) is 12.1 Å². The van der Waals surface area contributed by atoms with E-state index in [0.717, 1.165) is 16.8 Å². The molecule has 0 aliphatic heterocycles. The lowest BCUT2D eigenvalue weighted by atomic mass is 10.1. The van der Waals surface area contributed by atoms with Crippen LogP contribution >= 0.6 is 0 Å². The molecule has 1 aromatic heterocycles. The number of carbonyl (C=O) groups is 1. The van der Waals surface area contributed by atoms with E-state index in [1.54, 1.807) is 24.7 Å². The lowest BCUT2D eigenvalue weighted by Gasteiger charge is -2.07. The van der Waals surface area contributed by atoms with Gasteiger partial charge >= 0.3 is 0 Å². The monoisotopic (exact) mass is 309 g/mol. The molecule has 116 valence electrons. The standard InChI is InChI=1S/C18H16FN3O/c19-16-5-1-14(2-6-16)11-18(23)21-12-15-3-7-17(8-4-15)22-10-9-20-13-22/h1-10,13H,11-12H2,(H,21,23). The molecule has 0 aliphatic rings. The van der Waals surface area contributed by atoms with Crippen LogP contribution in [-0.4, -0.2) is 15.5 Å². The Kier molecular flexibility index (Phi) is 4.47. The predicted molar refractivity (Wildman–Crippen MR) is 85.5 cm³/mol. The van der Waals surface area contributed by atoms with Gasteiger partial charge in [0.05, 0.1) is 12.7 Å². The maximum Gasteiger partial charge on any atom is 0.224 e. The Morgan fingerprint density at radius 2 is 1.74 bits per heavy atom. The van der Waals surface area contributed by atoms with Gasteiger partial charge in [0.25, 0.3) is 0 Å². The van der Waals surface area contributed by atoms with Crippen molar-refractivity contribution in [3.05, 3.63) is 84.2 Å². The van der Waals surface area contributed by atoms with E-state index in [-0.39, 0.29) is 18.1 Å². The summed E-state index contributed by atoms with van der Waals surface area (Å²) >= 11 is 0. The summed E-state index contributed by atoms with van der Waals surface area (Å²) in [6.07, 6.45) is 5.58. The topological polar surface area (TPSA) is 46.9 Å². The molecule has 0 bridgehead atoms. The van der Waals surface area contributed by atoms with E-state index in [1.807, 2.05) is 35.0 Å². The van der Waals surface area contributed by atoms with Crippen LogP contribution in [0.25, 0.3) is 5.69 Å². The van der Waals surface area contributed by atoms with Gasteiger partial charge < -0.3 is 9.88 Å². The molecule has 0 spiro atoms. The molecule has 2 aromatic carbocycles. The van der Waals surface area contributed by atoms with Crippen LogP contribution in [0, 0.1) is 5.82 Å². The summed E-state index contributed by atoms with van der Waals surface area (Å²) < 4.78 is 14.7. The van der Waals surface area contributed by atoms with Gasteiger partial charge in [0, 0.05) is 24.6 Å². The van der Waals surface area contributed by atoms with Crippen LogP contribution in [-0.2, 0) is 17.8 Å². The molecule has 23 heavy (non-hydrogen) atoms. The fourth-order valence-corrected chi connectivity index (χ4v) is 2.25. The normalized spacial score (nSPS) is 10.5. The highest BCUT2D eigenvalue weighted by atomic mass is 19.1. The van der Waals surface area contributed by atoms with E-state index in [9.17, 15) is 9.18 Å². The average Bonchev–Trinajstić information content (AvgIpc) is 3.10. The first kappa shape index (κ1) is 15.0. The van der Waals surface area contributed by atoms with Gasteiger partial charge in [-0.25, -0.2) is 9.37 Å². The van der Waals surface area contributed by atoms with Gasteiger partial charge in [-0.15, -0.1) is 0 Å². The summed E-state index contributed by atoms with van der Waals surface area (Å²) in [6, 6.07) is 13.8. The summed E-state index contributed by atoms with van der Waals surface area (Å²) in [5.41, 5.74) is 2.82. The number of halogens is 1. The Bertz CT molecular complexity index is 765. The van der Waals surface area contributed by atoms with Crippen LogP contribution in [0.5, 0.6) is 0 Å². The molecular formula is C18H16FN3O. The zero-order valence-electron chi connectivity index (χ0n) is 12.4. The predicted octanol–water partition coefficient (Wildman–Crippen LogP) is 2.87. The van der Waals surface area contributed by atoms with Crippen LogP contribution in [0.2, 0.25) is 0 Å². The van der Waals surface area contributed by atoms with Crippen molar-refractivity contribution in [3.8, 4) is 5.69 Å². The average molecular weight is 309 g/mol. The molecule has 0 fully saturated rings. The molecule has 3 aromatic rings. The van der Waals surface area contributed by atoms with Gasteiger partial charge in [-0.3, -0.25) is 4.79 Å². The second-order valence-corrected chi connectivity index (χ2v) is 5.22. The number of nitrogens with one attached hydrogen (secondary N) is 1. The number of imidazole rings is 1. The summed E-state index contributed by atoms with van der Waals surface area (Å²) in [7, 11) is 0. The highest BCUT2D eigenvalue weighted by Crippen LogP contribution is 2.09. The van der Waals surface area contributed by atoms with E-state index < -0.39 is 0 Å². The summed E-state index contributed by atoms with van der Waals surface area (Å²) in [4.78, 5) is 15.9. The molecule has 4 nitrogen and oxygen atoms in total. The maximum atomic E-state index is 12.8. The van der Waals surface area contributed by atoms with Crippen molar-refractivity contribution in [1.29, 1.82) is 0 Å². The number of hydrogen-bond donors (Lipinski definition) is 1. The zero-order chi connectivity index (χ0) is 16.1. The molecule has 5 heteroatoms. The Labute approximate surface area is 133 Å². The van der Waals surface area contributed by atoms with Crippen molar-refractivity contribution >= 4 is 5.91 Å². The highest BCUT2D eigenvalue weighted by molar-refractivity contribution is 5.78. The quantitative estimate of drug-likeness (QED) is 0.788. The number of nitrogens with zero attached hydrogens (tertiary/aromatic N) is 2. The van der Waals surface area contributed by atoms with Crippen molar-refractivity contribution < 1.29 is 9.18 Å². The van der Waals surface area contributed by atoms with Crippen LogP contribution in [0.4, 0.5) is 4.39 Å². The second-order valence-electron chi connectivity index (χ2n) is 5.22. The van der Waals surface area contributed by atoms with Gasteiger partial charge in [0.1, 0.15) is 5.82 Å². The molecule has 0 atom stereocenters. The Morgan fingerprint density at radius 1 is 1.04 bits per heavy atom. The Morgan fingerprint density at radius 3 is 2.39 bits per heavy atom. The lowest BCUT2D eigenvalue weighted by Crippen LogP contribution is -2.24. The minimum absolute atomic E-state index is 0.0877. The van der Waals surface area contributed by atoms with Crippen molar-refractivity contribution in [2.75, 3.05) is 0 Å². The molecule has 0 saturated heterocycles. The molecule has 0 aliphatic carbocycles. The van der Waals surface area contributed by atoms with Crippen molar-refractivity contribution in [2.24, 2.45) is 0 Å². The van der Waals surface area contributed by atoms with Crippen LogP contribution < -0.4 is 5.32 Å². The molecule has 0 unspecified atom stereocenters. The first-order chi connectivity index (χ1) is 11.2. The van der Waals surface area contributed by atoms with Gasteiger partial charge in [-0.1, -0.05) is 24.3 Å². The maximum absolute atomic E-state index is 12.8. The fourth-order valence-electron chi connectivity index (χ4n) is 2.25. The third kappa shape index (κ3) is 4.03. The molecule has 1 N–H and O–H groups in total. The molecule has 1 heterocycles. The number of rotatable bonds is 5. The van der Waals surface area contributed by atoms with Crippen LogP contribution in [0.15, 0.2) is 67.3 Å². The van der Waals surface area contributed by atoms with Crippen molar-refractivity contribution in [3.63, 3.8) is 0 Å². The van der Waals surface area contributed by atoms with Gasteiger partial charge in [-0.2, -0.15) is 0 Å². The Balaban J connectivity index is 1.53. The number of amides is 1. The van der Waals surface area contributed by atoms with Gasteiger partial charge in [-0.05, 0) is 35.4 Å². The second kappa shape index (κ2) is 6.87. The van der Waals surface area contributed by atoms with E-state index >= 15 is 0 Å². The minimum atomic E-state index is -0.299. The van der Waals surface area contributed by atoms with Crippen LogP contribution in [0.1, 0.15) is 11.1 Å². The molecule has 0 saturated carbocycles. The van der Waals surface area contributed by atoms with Crippen molar-refractivity contribution in [1.82, 2.24) is 14.9 Å². The van der Waals surface area contributed by atoms with Crippen molar-refractivity contribution in [2.45, 2.75) is 13.0 Å². The first-order valence-corrected chi connectivity index (χ1v) is 7.29.